The van der Waals surface area contributed by atoms with Gasteiger partial charge >= 0.3 is 0 Å². The van der Waals surface area contributed by atoms with E-state index < -0.39 is 9.84 Å². The predicted octanol–water partition coefficient (Wildman–Crippen LogP) is 1.10. The number of aromatic hydroxyl groups is 1. The maximum atomic E-state index is 11.9. The van der Waals surface area contributed by atoms with Crippen LogP contribution in [0, 0.1) is 0 Å². The molecular weight excluding hydrogens is 250 g/mol. The lowest BCUT2D eigenvalue weighted by Crippen LogP contribution is -2.31. The molecule has 1 atom stereocenters. The topological polar surface area (TPSA) is 66.4 Å². The van der Waals surface area contributed by atoms with E-state index >= 15 is 0 Å². The molecule has 0 aliphatic carbocycles. The van der Waals surface area contributed by atoms with Crippen LogP contribution >= 0.6 is 0 Å². The van der Waals surface area contributed by atoms with Crippen LogP contribution in [0.1, 0.15) is 18.4 Å². The van der Waals surface area contributed by atoms with Gasteiger partial charge in [0.05, 0.1) is 11.5 Å². The van der Waals surface area contributed by atoms with E-state index in [-0.39, 0.29) is 23.3 Å². The second-order valence-corrected chi connectivity index (χ2v) is 7.05. The monoisotopic (exact) mass is 269 g/mol. The Morgan fingerprint density at radius 2 is 2.00 bits per heavy atom. The van der Waals surface area contributed by atoms with Crippen LogP contribution in [0.4, 0.5) is 0 Å². The Morgan fingerprint density at radius 1 is 1.28 bits per heavy atom. The summed E-state index contributed by atoms with van der Waals surface area (Å²) in [6.45, 7) is 0.929. The Labute approximate surface area is 108 Å². The molecule has 1 unspecified atom stereocenters. The molecule has 1 aliphatic heterocycles. The molecule has 100 valence electrons. The van der Waals surface area contributed by atoms with Crippen LogP contribution in [0.2, 0.25) is 0 Å². The molecule has 0 spiro atoms. The Balaban J connectivity index is 1.86. The Morgan fingerprint density at radius 3 is 2.61 bits per heavy atom. The third-order valence-corrected chi connectivity index (χ3v) is 4.99. The van der Waals surface area contributed by atoms with Gasteiger partial charge in [-0.05, 0) is 43.5 Å². The quantitative estimate of drug-likeness (QED) is 0.840. The van der Waals surface area contributed by atoms with Gasteiger partial charge in [-0.2, -0.15) is 0 Å². The molecule has 0 saturated carbocycles. The average molecular weight is 269 g/mol. The van der Waals surface area contributed by atoms with Gasteiger partial charge in [0, 0.05) is 6.04 Å². The lowest BCUT2D eigenvalue weighted by molar-refractivity contribution is 0.475. The maximum Gasteiger partial charge on any atom is 0.152 e. The number of aryl methyl sites for hydroxylation is 1. The molecule has 2 rings (SSSR count). The third-order valence-electron chi connectivity index (χ3n) is 3.26. The van der Waals surface area contributed by atoms with Gasteiger partial charge in [0.15, 0.2) is 9.84 Å². The van der Waals surface area contributed by atoms with Crippen LogP contribution in [-0.4, -0.2) is 37.6 Å². The molecular formula is C13H19NO3S. The molecule has 4 nitrogen and oxygen atoms in total. The number of hydrogen-bond acceptors (Lipinski definition) is 4. The number of hydrogen-bond donors (Lipinski definition) is 2. The fraction of sp³-hybridized carbons (Fsp3) is 0.538. The number of benzene rings is 1. The first-order valence-electron chi connectivity index (χ1n) is 6.27. The molecule has 0 bridgehead atoms. The maximum absolute atomic E-state index is 11.9. The molecule has 1 fully saturated rings. The Kier molecular flexibility index (Phi) is 4.24. The van der Waals surface area contributed by atoms with Gasteiger partial charge < -0.3 is 10.4 Å². The first-order chi connectivity index (χ1) is 8.55. The zero-order chi connectivity index (χ0) is 13.0. The van der Waals surface area contributed by atoms with E-state index in [9.17, 15) is 8.42 Å². The molecule has 0 radical (unpaired) electrons. The van der Waals surface area contributed by atoms with E-state index in [2.05, 4.69) is 5.32 Å². The summed E-state index contributed by atoms with van der Waals surface area (Å²) in [5.41, 5.74) is 0.941. The minimum atomic E-state index is -3.00. The molecule has 0 amide bonds. The van der Waals surface area contributed by atoms with Crippen molar-refractivity contribution in [2.75, 3.05) is 18.1 Å². The van der Waals surface area contributed by atoms with Crippen molar-refractivity contribution in [3.05, 3.63) is 29.8 Å². The van der Waals surface area contributed by atoms with Crippen LogP contribution < -0.4 is 5.32 Å². The van der Waals surface area contributed by atoms with Crippen molar-refractivity contribution < 1.29 is 13.5 Å². The van der Waals surface area contributed by atoms with E-state index in [1.165, 1.54) is 0 Å². The van der Waals surface area contributed by atoms with Gasteiger partial charge in [0.1, 0.15) is 5.75 Å². The van der Waals surface area contributed by atoms with Crippen molar-refractivity contribution in [1.29, 1.82) is 0 Å². The molecule has 1 aromatic carbocycles. The van der Waals surface area contributed by atoms with Crippen molar-refractivity contribution in [2.45, 2.75) is 25.3 Å². The van der Waals surface area contributed by atoms with Gasteiger partial charge in [-0.15, -0.1) is 0 Å². The van der Waals surface area contributed by atoms with Crippen molar-refractivity contribution in [3.63, 3.8) is 0 Å². The van der Waals surface area contributed by atoms with Crippen LogP contribution in [-0.2, 0) is 16.3 Å². The molecule has 5 heteroatoms. The number of sulfone groups is 1. The number of phenolic OH excluding ortho intramolecular Hbond substituents is 1. The number of rotatable bonds is 5. The highest BCUT2D eigenvalue weighted by atomic mass is 32.2. The first kappa shape index (κ1) is 13.4. The van der Waals surface area contributed by atoms with Gasteiger partial charge in [0.2, 0.25) is 0 Å². The summed E-state index contributed by atoms with van der Waals surface area (Å²) < 4.78 is 23.9. The van der Waals surface area contributed by atoms with Crippen molar-refractivity contribution in [1.82, 2.24) is 5.32 Å². The van der Waals surface area contributed by atoms with E-state index in [1.54, 1.807) is 24.3 Å². The summed E-state index contributed by atoms with van der Waals surface area (Å²) in [5.74, 6) is 0.623. The summed E-state index contributed by atoms with van der Waals surface area (Å²) in [5, 5.41) is 12.4. The summed E-state index contributed by atoms with van der Waals surface area (Å²) >= 11 is 0. The lowest BCUT2D eigenvalue weighted by atomic mass is 10.2. The van der Waals surface area contributed by atoms with Crippen molar-refractivity contribution in [3.8, 4) is 5.75 Å². The second-order valence-electron chi connectivity index (χ2n) is 4.82. The van der Waals surface area contributed by atoms with Gasteiger partial charge in [-0.3, -0.25) is 0 Å². The predicted molar refractivity (Wildman–Crippen MR) is 71.5 cm³/mol. The summed E-state index contributed by atoms with van der Waals surface area (Å²) in [6.07, 6.45) is 2.53. The van der Waals surface area contributed by atoms with E-state index in [4.69, 9.17) is 5.11 Å². The van der Waals surface area contributed by atoms with Crippen molar-refractivity contribution >= 4 is 9.84 Å². The number of nitrogens with one attached hydrogen (secondary N) is 1. The fourth-order valence-electron chi connectivity index (χ4n) is 2.22. The molecule has 1 heterocycles. The SMILES string of the molecule is O=S(=O)(CCc1ccc(O)cc1)CC1CCCN1. The van der Waals surface area contributed by atoms with E-state index in [1.807, 2.05) is 0 Å². The fourth-order valence-corrected chi connectivity index (χ4v) is 3.84. The minimum Gasteiger partial charge on any atom is -0.508 e. The molecule has 1 saturated heterocycles. The first-order valence-corrected chi connectivity index (χ1v) is 8.09. The highest BCUT2D eigenvalue weighted by molar-refractivity contribution is 7.91. The third kappa shape index (κ3) is 3.99. The van der Waals surface area contributed by atoms with Gasteiger partial charge in [0.25, 0.3) is 0 Å². The van der Waals surface area contributed by atoms with Crippen LogP contribution in [0.15, 0.2) is 24.3 Å². The smallest absolute Gasteiger partial charge is 0.152 e. The Bertz CT molecular complexity index is 475. The zero-order valence-electron chi connectivity index (χ0n) is 10.3. The molecule has 2 N–H and O–H groups in total. The largest absolute Gasteiger partial charge is 0.508 e. The van der Waals surface area contributed by atoms with Crippen molar-refractivity contribution in [2.24, 2.45) is 0 Å². The average Bonchev–Trinajstić information content (AvgIpc) is 2.80. The summed E-state index contributed by atoms with van der Waals surface area (Å²) in [7, 11) is -3.00. The van der Waals surface area contributed by atoms with Gasteiger partial charge in [-0.25, -0.2) is 8.42 Å². The lowest BCUT2D eigenvalue weighted by Gasteiger charge is -2.10. The molecule has 0 aromatic heterocycles. The summed E-state index contributed by atoms with van der Waals surface area (Å²) in [4.78, 5) is 0. The molecule has 1 aromatic rings. The normalized spacial score (nSPS) is 20.1. The van der Waals surface area contributed by atoms with Gasteiger partial charge in [-0.1, -0.05) is 12.1 Å². The zero-order valence-corrected chi connectivity index (χ0v) is 11.1. The highest BCUT2D eigenvalue weighted by Gasteiger charge is 2.21. The van der Waals surface area contributed by atoms with Crippen LogP contribution in [0.3, 0.4) is 0 Å². The highest BCUT2D eigenvalue weighted by Crippen LogP contribution is 2.12. The Hall–Kier alpha value is -1.07. The standard InChI is InChI=1S/C13H19NO3S/c15-13-5-3-11(4-6-13)7-9-18(16,17)10-12-2-1-8-14-12/h3-6,12,14-15H,1-2,7-10H2. The van der Waals surface area contributed by atoms with E-state index in [0.717, 1.165) is 24.9 Å². The molecule has 18 heavy (non-hydrogen) atoms. The van der Waals surface area contributed by atoms with Crippen LogP contribution in [0.25, 0.3) is 0 Å². The van der Waals surface area contributed by atoms with E-state index in [0.29, 0.717) is 6.42 Å². The molecule has 1 aliphatic rings. The second kappa shape index (κ2) is 5.71. The number of phenols is 1. The summed E-state index contributed by atoms with van der Waals surface area (Å²) in [6, 6.07) is 6.83. The minimum absolute atomic E-state index is 0.134. The van der Waals surface area contributed by atoms with Crippen LogP contribution in [0.5, 0.6) is 5.75 Å².